The smallest absolute Gasteiger partial charge is 0.124 e. The molecule has 0 aromatic heterocycles. The Kier molecular flexibility index (Phi) is 4.36. The molecule has 0 radical (unpaired) electrons. The van der Waals surface area contributed by atoms with Crippen LogP contribution in [-0.2, 0) is 0 Å². The average Bonchev–Trinajstić information content (AvgIpc) is 2.50. The van der Waals surface area contributed by atoms with Crippen LogP contribution in [0.25, 0.3) is 0 Å². The number of ether oxygens (including phenoxy) is 2. The van der Waals surface area contributed by atoms with Crippen LogP contribution in [-0.4, -0.2) is 38.3 Å². The maximum atomic E-state index is 6.50. The zero-order valence-corrected chi connectivity index (χ0v) is 13.0. The minimum atomic E-state index is 0.0288. The minimum absolute atomic E-state index is 0.0288. The van der Waals surface area contributed by atoms with E-state index in [9.17, 15) is 0 Å². The molecule has 3 unspecified atom stereocenters. The molecule has 1 aromatic rings. The summed E-state index contributed by atoms with van der Waals surface area (Å²) in [5, 5.41) is 0. The fourth-order valence-electron chi connectivity index (χ4n) is 3.55. The molecule has 2 aliphatic heterocycles. The predicted molar refractivity (Wildman–Crippen MR) is 83.7 cm³/mol. The van der Waals surface area contributed by atoms with Crippen molar-refractivity contribution in [2.45, 2.75) is 25.8 Å². The second kappa shape index (κ2) is 6.24. The van der Waals surface area contributed by atoms with Gasteiger partial charge in [0.15, 0.2) is 0 Å². The molecule has 1 saturated heterocycles. The molecular weight excluding hydrogens is 264 g/mol. The molecule has 4 nitrogen and oxygen atoms in total. The molecule has 0 spiro atoms. The van der Waals surface area contributed by atoms with Gasteiger partial charge in [-0.05, 0) is 43.5 Å². The lowest BCUT2D eigenvalue weighted by Crippen LogP contribution is -2.43. The zero-order chi connectivity index (χ0) is 14.8. The zero-order valence-electron chi connectivity index (χ0n) is 13.0. The maximum absolute atomic E-state index is 6.50. The third-order valence-corrected chi connectivity index (χ3v) is 4.77. The first-order valence-electron chi connectivity index (χ1n) is 7.96. The summed E-state index contributed by atoms with van der Waals surface area (Å²) < 4.78 is 11.2. The monoisotopic (exact) mass is 290 g/mol. The number of methoxy groups -OCH3 is 1. The molecule has 0 amide bonds. The van der Waals surface area contributed by atoms with E-state index in [0.29, 0.717) is 12.5 Å². The van der Waals surface area contributed by atoms with Crippen molar-refractivity contribution in [2.24, 2.45) is 17.6 Å². The number of nitrogens with zero attached hydrogens (tertiary/aromatic N) is 1. The van der Waals surface area contributed by atoms with Crippen LogP contribution in [0, 0.1) is 11.8 Å². The SMILES string of the molecule is COc1ccc2c(c1)C(N)C(CN1CCCC(C)C1)CO2. The number of hydrogen-bond donors (Lipinski definition) is 1. The Morgan fingerprint density at radius 3 is 3.05 bits per heavy atom. The summed E-state index contributed by atoms with van der Waals surface area (Å²) in [5.41, 5.74) is 7.58. The summed E-state index contributed by atoms with van der Waals surface area (Å²) in [5.74, 6) is 2.91. The molecule has 0 aliphatic carbocycles. The van der Waals surface area contributed by atoms with Crippen LogP contribution in [0.5, 0.6) is 11.5 Å². The molecule has 2 N–H and O–H groups in total. The number of fused-ring (bicyclic) bond motifs is 1. The van der Waals surface area contributed by atoms with Crippen molar-refractivity contribution in [3.8, 4) is 11.5 Å². The van der Waals surface area contributed by atoms with Gasteiger partial charge in [-0.2, -0.15) is 0 Å². The van der Waals surface area contributed by atoms with Gasteiger partial charge in [0.05, 0.1) is 13.7 Å². The molecule has 1 aromatic carbocycles. The van der Waals surface area contributed by atoms with E-state index in [1.807, 2.05) is 18.2 Å². The number of nitrogens with two attached hydrogens (primary N) is 1. The first-order valence-corrected chi connectivity index (χ1v) is 7.96. The molecule has 1 fully saturated rings. The van der Waals surface area contributed by atoms with E-state index in [-0.39, 0.29) is 6.04 Å². The second-order valence-corrected chi connectivity index (χ2v) is 6.51. The standard InChI is InChI=1S/C17H26N2O2/c1-12-4-3-7-19(9-12)10-13-11-21-16-6-5-14(20-2)8-15(16)17(13)18/h5-6,8,12-13,17H,3-4,7,9-11,18H2,1-2H3. The molecular formula is C17H26N2O2. The minimum Gasteiger partial charge on any atom is -0.497 e. The molecule has 3 atom stereocenters. The number of rotatable bonds is 3. The Morgan fingerprint density at radius 1 is 1.43 bits per heavy atom. The Labute approximate surface area is 127 Å². The highest BCUT2D eigenvalue weighted by Crippen LogP contribution is 2.36. The van der Waals surface area contributed by atoms with E-state index in [4.69, 9.17) is 15.2 Å². The summed E-state index contributed by atoms with van der Waals surface area (Å²) in [7, 11) is 1.68. The lowest BCUT2D eigenvalue weighted by Gasteiger charge is -2.37. The maximum Gasteiger partial charge on any atom is 0.124 e. The van der Waals surface area contributed by atoms with Gasteiger partial charge in [0.1, 0.15) is 11.5 Å². The Morgan fingerprint density at radius 2 is 2.29 bits per heavy atom. The van der Waals surface area contributed by atoms with Crippen LogP contribution in [0.15, 0.2) is 18.2 Å². The first-order chi connectivity index (χ1) is 10.2. The Balaban J connectivity index is 1.70. The van der Waals surface area contributed by atoms with Gasteiger partial charge in [-0.3, -0.25) is 0 Å². The van der Waals surface area contributed by atoms with E-state index in [2.05, 4.69) is 11.8 Å². The Bertz CT molecular complexity index is 492. The summed E-state index contributed by atoms with van der Waals surface area (Å²) >= 11 is 0. The molecule has 0 saturated carbocycles. The summed E-state index contributed by atoms with van der Waals surface area (Å²) in [6, 6.07) is 5.94. The first kappa shape index (κ1) is 14.7. The van der Waals surface area contributed by atoms with E-state index in [1.165, 1.54) is 25.9 Å². The molecule has 116 valence electrons. The van der Waals surface area contributed by atoms with Crippen molar-refractivity contribution in [3.05, 3.63) is 23.8 Å². The number of benzene rings is 1. The van der Waals surface area contributed by atoms with Crippen LogP contribution < -0.4 is 15.2 Å². The number of likely N-dealkylation sites (tertiary alicyclic amines) is 1. The van der Waals surface area contributed by atoms with E-state index < -0.39 is 0 Å². The quantitative estimate of drug-likeness (QED) is 0.929. The largest absolute Gasteiger partial charge is 0.497 e. The average molecular weight is 290 g/mol. The lowest BCUT2D eigenvalue weighted by atomic mass is 9.89. The van der Waals surface area contributed by atoms with Crippen molar-refractivity contribution in [1.82, 2.24) is 4.90 Å². The van der Waals surface area contributed by atoms with Crippen molar-refractivity contribution in [3.63, 3.8) is 0 Å². The van der Waals surface area contributed by atoms with Gasteiger partial charge >= 0.3 is 0 Å². The molecule has 4 heteroatoms. The number of hydrogen-bond acceptors (Lipinski definition) is 4. The topological polar surface area (TPSA) is 47.7 Å². The Hall–Kier alpha value is -1.26. The molecule has 21 heavy (non-hydrogen) atoms. The second-order valence-electron chi connectivity index (χ2n) is 6.51. The third kappa shape index (κ3) is 3.16. The van der Waals surface area contributed by atoms with Gasteiger partial charge < -0.3 is 20.1 Å². The van der Waals surface area contributed by atoms with Crippen molar-refractivity contribution in [1.29, 1.82) is 0 Å². The lowest BCUT2D eigenvalue weighted by molar-refractivity contribution is 0.109. The van der Waals surface area contributed by atoms with Crippen molar-refractivity contribution in [2.75, 3.05) is 33.4 Å². The summed E-state index contributed by atoms with van der Waals surface area (Å²) in [6.07, 6.45) is 2.65. The van der Waals surface area contributed by atoms with Gasteiger partial charge in [0.25, 0.3) is 0 Å². The van der Waals surface area contributed by atoms with Crippen molar-refractivity contribution < 1.29 is 9.47 Å². The van der Waals surface area contributed by atoms with Gasteiger partial charge in [-0.25, -0.2) is 0 Å². The van der Waals surface area contributed by atoms with E-state index in [0.717, 1.165) is 29.5 Å². The highest BCUT2D eigenvalue weighted by Gasteiger charge is 2.31. The fourth-order valence-corrected chi connectivity index (χ4v) is 3.55. The van der Waals surface area contributed by atoms with Crippen LogP contribution in [0.3, 0.4) is 0 Å². The number of piperidine rings is 1. The van der Waals surface area contributed by atoms with Gasteiger partial charge in [0, 0.05) is 30.6 Å². The highest BCUT2D eigenvalue weighted by molar-refractivity contribution is 5.43. The summed E-state index contributed by atoms with van der Waals surface area (Å²) in [4.78, 5) is 2.55. The van der Waals surface area contributed by atoms with Gasteiger partial charge in [-0.15, -0.1) is 0 Å². The van der Waals surface area contributed by atoms with Crippen molar-refractivity contribution >= 4 is 0 Å². The van der Waals surface area contributed by atoms with Crippen LogP contribution in [0.2, 0.25) is 0 Å². The summed E-state index contributed by atoms with van der Waals surface area (Å²) in [6.45, 7) is 6.46. The van der Waals surface area contributed by atoms with Crippen LogP contribution in [0.4, 0.5) is 0 Å². The van der Waals surface area contributed by atoms with Crippen LogP contribution >= 0.6 is 0 Å². The predicted octanol–water partition coefficient (Wildman–Crippen LogP) is 2.44. The molecule has 2 aliphatic rings. The molecule has 3 rings (SSSR count). The molecule has 2 heterocycles. The van der Waals surface area contributed by atoms with Crippen LogP contribution in [0.1, 0.15) is 31.4 Å². The van der Waals surface area contributed by atoms with E-state index in [1.54, 1.807) is 7.11 Å². The fraction of sp³-hybridized carbons (Fsp3) is 0.647. The van der Waals surface area contributed by atoms with Gasteiger partial charge in [-0.1, -0.05) is 6.92 Å². The highest BCUT2D eigenvalue weighted by atomic mass is 16.5. The normalized spacial score (nSPS) is 29.6. The molecule has 0 bridgehead atoms. The third-order valence-electron chi connectivity index (χ3n) is 4.77. The van der Waals surface area contributed by atoms with Gasteiger partial charge in [0.2, 0.25) is 0 Å². The van der Waals surface area contributed by atoms with E-state index >= 15 is 0 Å².